The number of benzene rings is 2. The number of ether oxygens (including phenoxy) is 1. The van der Waals surface area contributed by atoms with Crippen LogP contribution in [0, 0.1) is 11.3 Å². The van der Waals surface area contributed by atoms with Gasteiger partial charge in [-0.15, -0.1) is 0 Å². The first-order chi connectivity index (χ1) is 13.8. The fourth-order valence-corrected chi connectivity index (χ4v) is 5.07. The number of hydrogen-bond acceptors (Lipinski definition) is 5. The molecular formula is C22H18N2O5. The second-order valence-corrected chi connectivity index (χ2v) is 7.92. The molecule has 2 aliphatic rings. The Labute approximate surface area is 166 Å². The molecule has 1 saturated heterocycles. The summed E-state index contributed by atoms with van der Waals surface area (Å²) in [7, 11) is 0. The van der Waals surface area contributed by atoms with Gasteiger partial charge in [0, 0.05) is 10.8 Å². The molecule has 7 heteroatoms. The zero-order valence-electron chi connectivity index (χ0n) is 15.6. The van der Waals surface area contributed by atoms with Gasteiger partial charge >= 0.3 is 5.97 Å². The van der Waals surface area contributed by atoms with Crippen molar-refractivity contribution in [3.05, 3.63) is 53.1 Å². The van der Waals surface area contributed by atoms with Crippen LogP contribution < -0.4 is 0 Å². The summed E-state index contributed by atoms with van der Waals surface area (Å²) in [6.07, 6.45) is 0.715. The summed E-state index contributed by atoms with van der Waals surface area (Å²) in [5, 5.41) is 42.5. The number of rotatable bonds is 3. The SMILES string of the molecule is C[C@]12CCC(CC(=O)O)(O1)c1c2c(O)n(-c2ccc(C#N)c3ccccc23)c1O. The van der Waals surface area contributed by atoms with Gasteiger partial charge in [-0.3, -0.25) is 9.36 Å². The maximum atomic E-state index is 11.5. The topological polar surface area (TPSA) is 116 Å². The summed E-state index contributed by atoms with van der Waals surface area (Å²) >= 11 is 0. The quantitative estimate of drug-likeness (QED) is 0.629. The number of carboxylic acid groups (broad SMARTS) is 1. The molecule has 0 aliphatic carbocycles. The van der Waals surface area contributed by atoms with Crippen molar-refractivity contribution >= 4 is 16.7 Å². The zero-order chi connectivity index (χ0) is 20.6. The molecule has 3 aromatic rings. The molecule has 146 valence electrons. The fraction of sp³-hybridized carbons (Fsp3) is 0.273. The number of hydrogen-bond donors (Lipinski definition) is 3. The highest BCUT2D eigenvalue weighted by Gasteiger charge is 2.62. The number of nitriles is 1. The van der Waals surface area contributed by atoms with E-state index < -0.39 is 17.2 Å². The van der Waals surface area contributed by atoms with Crippen LogP contribution in [0.15, 0.2) is 36.4 Å². The monoisotopic (exact) mass is 390 g/mol. The third-order valence-corrected chi connectivity index (χ3v) is 6.23. The van der Waals surface area contributed by atoms with Gasteiger partial charge in [-0.25, -0.2) is 0 Å². The molecule has 1 fully saturated rings. The van der Waals surface area contributed by atoms with Crippen LogP contribution in [0.25, 0.3) is 16.5 Å². The number of nitrogens with zero attached hydrogens (tertiary/aromatic N) is 2. The highest BCUT2D eigenvalue weighted by atomic mass is 16.5. The van der Waals surface area contributed by atoms with Crippen molar-refractivity contribution in [3.63, 3.8) is 0 Å². The molecule has 0 spiro atoms. The van der Waals surface area contributed by atoms with E-state index in [1.165, 1.54) is 4.57 Å². The van der Waals surface area contributed by atoms with Gasteiger partial charge in [0.2, 0.25) is 11.8 Å². The molecule has 1 unspecified atom stereocenters. The first-order valence-electron chi connectivity index (χ1n) is 9.33. The van der Waals surface area contributed by atoms with Crippen LogP contribution in [0.4, 0.5) is 0 Å². The molecule has 2 aromatic carbocycles. The van der Waals surface area contributed by atoms with E-state index in [1.54, 1.807) is 12.1 Å². The Morgan fingerprint density at radius 2 is 1.83 bits per heavy atom. The Balaban J connectivity index is 1.82. The second kappa shape index (κ2) is 5.52. The van der Waals surface area contributed by atoms with E-state index >= 15 is 0 Å². The molecule has 29 heavy (non-hydrogen) atoms. The van der Waals surface area contributed by atoms with Crippen LogP contribution in [0.1, 0.15) is 42.9 Å². The van der Waals surface area contributed by atoms with E-state index in [0.717, 1.165) is 0 Å². The second-order valence-electron chi connectivity index (χ2n) is 7.92. The van der Waals surface area contributed by atoms with Gasteiger partial charge in [0.25, 0.3) is 0 Å². The van der Waals surface area contributed by atoms with Crippen molar-refractivity contribution in [2.24, 2.45) is 0 Å². The lowest BCUT2D eigenvalue weighted by molar-refractivity contribution is -0.147. The maximum absolute atomic E-state index is 11.5. The van der Waals surface area contributed by atoms with Gasteiger partial charge < -0.3 is 20.1 Å². The Hall–Kier alpha value is -3.50. The molecule has 3 N–H and O–H groups in total. The molecule has 0 saturated carbocycles. The van der Waals surface area contributed by atoms with Crippen LogP contribution in [-0.4, -0.2) is 25.9 Å². The van der Waals surface area contributed by atoms with Crippen LogP contribution in [0.5, 0.6) is 11.8 Å². The van der Waals surface area contributed by atoms with Crippen LogP contribution in [0.3, 0.4) is 0 Å². The van der Waals surface area contributed by atoms with Gasteiger partial charge in [0.1, 0.15) is 5.60 Å². The minimum Gasteiger partial charge on any atom is -0.494 e. The summed E-state index contributed by atoms with van der Waals surface area (Å²) in [5.74, 6) is -1.42. The van der Waals surface area contributed by atoms with E-state index in [0.29, 0.717) is 46.0 Å². The number of fused-ring (bicyclic) bond motifs is 6. The van der Waals surface area contributed by atoms with Gasteiger partial charge in [-0.1, -0.05) is 24.3 Å². The third kappa shape index (κ3) is 2.12. The minimum absolute atomic E-state index is 0.165. The van der Waals surface area contributed by atoms with Crippen molar-refractivity contribution in [2.45, 2.75) is 37.4 Å². The highest BCUT2D eigenvalue weighted by Crippen LogP contribution is 2.65. The molecule has 2 aliphatic heterocycles. The van der Waals surface area contributed by atoms with Gasteiger partial charge in [0.15, 0.2) is 0 Å². The molecule has 7 nitrogen and oxygen atoms in total. The number of carbonyl (C=O) groups is 1. The fourth-order valence-electron chi connectivity index (χ4n) is 5.07. The molecule has 0 radical (unpaired) electrons. The average molecular weight is 390 g/mol. The predicted octanol–water partition coefficient (Wildman–Crippen LogP) is 3.62. The number of aromatic hydroxyl groups is 2. The predicted molar refractivity (Wildman–Crippen MR) is 103 cm³/mol. The van der Waals surface area contributed by atoms with Crippen molar-refractivity contribution in [1.29, 1.82) is 5.26 Å². The summed E-state index contributed by atoms with van der Waals surface area (Å²) in [6.45, 7) is 1.81. The number of aromatic nitrogens is 1. The van der Waals surface area contributed by atoms with Gasteiger partial charge in [0.05, 0.1) is 40.5 Å². The summed E-state index contributed by atoms with van der Waals surface area (Å²) in [4.78, 5) is 11.5. The van der Waals surface area contributed by atoms with E-state index in [2.05, 4.69) is 6.07 Å². The molecule has 5 rings (SSSR count). The normalized spacial score (nSPS) is 24.6. The Morgan fingerprint density at radius 3 is 2.52 bits per heavy atom. The van der Waals surface area contributed by atoms with Gasteiger partial charge in [-0.05, 0) is 31.9 Å². The van der Waals surface area contributed by atoms with Crippen LogP contribution >= 0.6 is 0 Å². The smallest absolute Gasteiger partial charge is 0.306 e. The molecule has 1 aromatic heterocycles. The summed E-state index contributed by atoms with van der Waals surface area (Å²) in [6, 6.07) is 12.7. The Morgan fingerprint density at radius 1 is 1.14 bits per heavy atom. The van der Waals surface area contributed by atoms with E-state index in [4.69, 9.17) is 4.74 Å². The van der Waals surface area contributed by atoms with Crippen molar-refractivity contribution < 1.29 is 24.9 Å². The Kier molecular flexibility index (Phi) is 3.35. The lowest BCUT2D eigenvalue weighted by Gasteiger charge is -2.24. The van der Waals surface area contributed by atoms with Crippen LogP contribution in [0.2, 0.25) is 0 Å². The van der Waals surface area contributed by atoms with E-state index in [-0.39, 0.29) is 18.2 Å². The molecule has 3 heterocycles. The molecule has 0 amide bonds. The number of aliphatic carboxylic acids is 1. The highest BCUT2D eigenvalue weighted by molar-refractivity contribution is 5.95. The molecule has 2 bridgehead atoms. The first kappa shape index (κ1) is 17.6. The third-order valence-electron chi connectivity index (χ3n) is 6.23. The summed E-state index contributed by atoms with van der Waals surface area (Å²) < 4.78 is 7.42. The van der Waals surface area contributed by atoms with Gasteiger partial charge in [-0.2, -0.15) is 5.26 Å². The maximum Gasteiger partial charge on any atom is 0.306 e. The number of carboxylic acids is 1. The average Bonchev–Trinajstić information content (AvgIpc) is 3.25. The molecular weight excluding hydrogens is 372 g/mol. The van der Waals surface area contributed by atoms with Crippen LogP contribution in [-0.2, 0) is 20.7 Å². The standard InChI is InChI=1S/C22H18N2O5/c1-21-8-9-22(29-21,10-16(25)26)18-17(21)19(27)24(20(18)28)15-7-6-12(11-23)13-4-2-3-5-14(13)15/h2-7,27-28H,8-10H2,1H3,(H,25,26)/t21-,22?/m1/s1. The van der Waals surface area contributed by atoms with E-state index in [1.807, 2.05) is 31.2 Å². The first-order valence-corrected chi connectivity index (χ1v) is 9.33. The van der Waals surface area contributed by atoms with E-state index in [9.17, 15) is 25.4 Å². The van der Waals surface area contributed by atoms with Crippen molar-refractivity contribution in [1.82, 2.24) is 4.57 Å². The lowest BCUT2D eigenvalue weighted by atomic mass is 9.78. The Bertz CT molecular complexity index is 1250. The molecule has 2 atom stereocenters. The summed E-state index contributed by atoms with van der Waals surface area (Å²) in [5.41, 5.74) is -0.237. The zero-order valence-corrected chi connectivity index (χ0v) is 15.6. The van der Waals surface area contributed by atoms with Crippen molar-refractivity contribution in [3.8, 4) is 23.5 Å². The lowest BCUT2D eigenvalue weighted by Crippen LogP contribution is -2.26. The minimum atomic E-state index is -1.16. The van der Waals surface area contributed by atoms with Crippen molar-refractivity contribution in [2.75, 3.05) is 0 Å². The largest absolute Gasteiger partial charge is 0.494 e.